The Morgan fingerprint density at radius 1 is 1.23 bits per heavy atom. The van der Waals surface area contributed by atoms with E-state index in [1.807, 2.05) is 32.7 Å². The molecule has 0 unspecified atom stereocenters. The molecule has 154 valence electrons. The molecule has 26 heavy (non-hydrogen) atoms. The summed E-state index contributed by atoms with van der Waals surface area (Å²) in [5.41, 5.74) is -0.326. The first-order valence-corrected chi connectivity index (χ1v) is 9.58. The smallest absolute Gasteiger partial charge is 0.240 e. The first-order valence-electron chi connectivity index (χ1n) is 9.58. The van der Waals surface area contributed by atoms with Gasteiger partial charge in [0.25, 0.3) is 0 Å². The van der Waals surface area contributed by atoms with Gasteiger partial charge in [-0.1, -0.05) is 26.2 Å². The fraction of sp³-hybridized carbons (Fsp3) is 0.895. The molecule has 1 amide bonds. The SMILES string of the molecule is CCCOC1(CNC(=NC)N(C)CC(=O)NC(C)(C)C)CCCCC1.I. The van der Waals surface area contributed by atoms with Crippen molar-refractivity contribution in [1.29, 1.82) is 0 Å². The predicted molar refractivity (Wildman–Crippen MR) is 119 cm³/mol. The molecular formula is C19H39IN4O2. The minimum atomic E-state index is -0.227. The Hall–Kier alpha value is -0.570. The molecule has 1 saturated carbocycles. The van der Waals surface area contributed by atoms with Crippen LogP contribution in [0.25, 0.3) is 0 Å². The number of halogens is 1. The van der Waals surface area contributed by atoms with E-state index in [2.05, 4.69) is 22.5 Å². The number of likely N-dealkylation sites (N-methyl/N-ethyl adjacent to an activating group) is 1. The van der Waals surface area contributed by atoms with E-state index in [0.29, 0.717) is 0 Å². The molecule has 0 aliphatic heterocycles. The van der Waals surface area contributed by atoms with Gasteiger partial charge in [-0.25, -0.2) is 0 Å². The van der Waals surface area contributed by atoms with Crippen LogP contribution < -0.4 is 10.6 Å². The maximum absolute atomic E-state index is 12.1. The number of aliphatic imine (C=N–C) groups is 1. The summed E-state index contributed by atoms with van der Waals surface area (Å²) in [6.45, 7) is 9.90. The van der Waals surface area contributed by atoms with Crippen molar-refractivity contribution in [2.24, 2.45) is 4.99 Å². The van der Waals surface area contributed by atoms with Gasteiger partial charge in [0.2, 0.25) is 5.91 Å². The molecular weight excluding hydrogens is 443 g/mol. The normalized spacial score (nSPS) is 17.2. The van der Waals surface area contributed by atoms with E-state index in [-0.39, 0.29) is 47.6 Å². The summed E-state index contributed by atoms with van der Waals surface area (Å²) in [4.78, 5) is 18.3. The van der Waals surface area contributed by atoms with Crippen molar-refractivity contribution in [2.45, 2.75) is 77.4 Å². The van der Waals surface area contributed by atoms with Gasteiger partial charge in [0.15, 0.2) is 5.96 Å². The molecule has 2 N–H and O–H groups in total. The molecule has 0 heterocycles. The average molecular weight is 482 g/mol. The number of guanidine groups is 1. The van der Waals surface area contributed by atoms with Gasteiger partial charge in [0.1, 0.15) is 0 Å². The zero-order chi connectivity index (χ0) is 18.9. The van der Waals surface area contributed by atoms with Gasteiger partial charge in [-0.2, -0.15) is 0 Å². The second kappa shape index (κ2) is 12.0. The number of carbonyl (C=O) groups is 1. The third-order valence-electron chi connectivity index (χ3n) is 4.41. The fourth-order valence-electron chi connectivity index (χ4n) is 3.26. The van der Waals surface area contributed by atoms with Gasteiger partial charge in [-0.3, -0.25) is 9.79 Å². The lowest BCUT2D eigenvalue weighted by atomic mass is 9.84. The van der Waals surface area contributed by atoms with Crippen molar-refractivity contribution in [3.05, 3.63) is 0 Å². The second-order valence-corrected chi connectivity index (χ2v) is 8.15. The van der Waals surface area contributed by atoms with Crippen LogP contribution in [0.5, 0.6) is 0 Å². The highest BCUT2D eigenvalue weighted by Crippen LogP contribution is 2.31. The van der Waals surface area contributed by atoms with Crippen molar-refractivity contribution < 1.29 is 9.53 Å². The van der Waals surface area contributed by atoms with Crippen LogP contribution in [0, 0.1) is 0 Å². The monoisotopic (exact) mass is 482 g/mol. The van der Waals surface area contributed by atoms with Crippen LogP contribution >= 0.6 is 24.0 Å². The van der Waals surface area contributed by atoms with Crippen LogP contribution in [0.1, 0.15) is 66.2 Å². The number of amides is 1. The Bertz CT molecular complexity index is 443. The summed E-state index contributed by atoms with van der Waals surface area (Å²) >= 11 is 0. The molecule has 0 bridgehead atoms. The molecule has 1 aliphatic rings. The highest BCUT2D eigenvalue weighted by Gasteiger charge is 2.33. The highest BCUT2D eigenvalue weighted by molar-refractivity contribution is 14.0. The lowest BCUT2D eigenvalue weighted by Gasteiger charge is -2.38. The summed E-state index contributed by atoms with van der Waals surface area (Å²) in [5, 5.41) is 6.41. The Balaban J connectivity index is 0.00000625. The molecule has 1 aliphatic carbocycles. The van der Waals surface area contributed by atoms with Crippen LogP contribution in [-0.2, 0) is 9.53 Å². The number of rotatable bonds is 7. The zero-order valence-corrected chi connectivity index (χ0v) is 19.8. The number of hydrogen-bond donors (Lipinski definition) is 2. The van der Waals surface area contributed by atoms with E-state index >= 15 is 0 Å². The van der Waals surface area contributed by atoms with E-state index in [1.54, 1.807) is 7.05 Å². The Labute approximate surface area is 176 Å². The Morgan fingerprint density at radius 3 is 2.35 bits per heavy atom. The summed E-state index contributed by atoms with van der Waals surface area (Å²) in [5.74, 6) is 0.724. The van der Waals surface area contributed by atoms with Crippen LogP contribution in [0.15, 0.2) is 4.99 Å². The highest BCUT2D eigenvalue weighted by atomic mass is 127. The summed E-state index contributed by atoms with van der Waals surface area (Å²) < 4.78 is 6.23. The molecule has 0 saturated heterocycles. The summed E-state index contributed by atoms with van der Waals surface area (Å²) in [6, 6.07) is 0. The minimum absolute atomic E-state index is 0. The van der Waals surface area contributed by atoms with Crippen molar-refractivity contribution in [1.82, 2.24) is 15.5 Å². The number of carbonyl (C=O) groups excluding carboxylic acids is 1. The van der Waals surface area contributed by atoms with Crippen molar-refractivity contribution >= 4 is 35.8 Å². The Kier molecular flexibility index (Phi) is 11.7. The average Bonchev–Trinajstić information content (AvgIpc) is 2.52. The van der Waals surface area contributed by atoms with E-state index in [0.717, 1.165) is 38.4 Å². The lowest BCUT2D eigenvalue weighted by molar-refractivity contribution is -0.122. The number of ether oxygens (including phenoxy) is 1. The van der Waals surface area contributed by atoms with E-state index in [1.165, 1.54) is 19.3 Å². The standard InChI is InChI=1S/C19H38N4O2.HI/c1-7-13-25-19(11-9-8-10-12-19)15-21-17(20-5)23(6)14-16(24)22-18(2,3)4;/h7-15H2,1-6H3,(H,20,21)(H,22,24);1H. The van der Waals surface area contributed by atoms with Crippen LogP contribution in [0.3, 0.4) is 0 Å². The summed E-state index contributed by atoms with van der Waals surface area (Å²) in [7, 11) is 3.64. The molecule has 0 aromatic heterocycles. The lowest BCUT2D eigenvalue weighted by Crippen LogP contribution is -2.52. The molecule has 1 rings (SSSR count). The largest absolute Gasteiger partial charge is 0.373 e. The molecule has 0 aromatic carbocycles. The quantitative estimate of drug-likeness (QED) is 0.333. The molecule has 0 atom stereocenters. The first-order chi connectivity index (χ1) is 11.7. The van der Waals surface area contributed by atoms with Crippen molar-refractivity contribution in [3.63, 3.8) is 0 Å². The minimum Gasteiger partial charge on any atom is -0.373 e. The molecule has 0 spiro atoms. The molecule has 6 nitrogen and oxygen atoms in total. The number of nitrogens with zero attached hydrogens (tertiary/aromatic N) is 2. The maximum atomic E-state index is 12.1. The van der Waals surface area contributed by atoms with E-state index in [9.17, 15) is 4.79 Å². The third kappa shape index (κ3) is 9.39. The van der Waals surface area contributed by atoms with Gasteiger partial charge in [0.05, 0.1) is 12.1 Å². The zero-order valence-electron chi connectivity index (χ0n) is 17.5. The van der Waals surface area contributed by atoms with Crippen molar-refractivity contribution in [3.8, 4) is 0 Å². The number of hydrogen-bond acceptors (Lipinski definition) is 3. The third-order valence-corrected chi connectivity index (χ3v) is 4.41. The maximum Gasteiger partial charge on any atom is 0.240 e. The number of nitrogens with one attached hydrogen (secondary N) is 2. The Morgan fingerprint density at radius 2 is 1.85 bits per heavy atom. The predicted octanol–water partition coefficient (Wildman–Crippen LogP) is 3.16. The summed E-state index contributed by atoms with van der Waals surface area (Å²) in [6.07, 6.45) is 6.93. The fourth-order valence-corrected chi connectivity index (χ4v) is 3.26. The van der Waals surface area contributed by atoms with E-state index < -0.39 is 0 Å². The van der Waals surface area contributed by atoms with Crippen molar-refractivity contribution in [2.75, 3.05) is 33.8 Å². The van der Waals surface area contributed by atoms with E-state index in [4.69, 9.17) is 4.74 Å². The van der Waals surface area contributed by atoms with Gasteiger partial charge in [-0.05, 0) is 40.0 Å². The first kappa shape index (κ1) is 25.4. The molecule has 7 heteroatoms. The van der Waals surface area contributed by atoms with Crippen LogP contribution in [0.2, 0.25) is 0 Å². The van der Waals surface area contributed by atoms with Gasteiger partial charge >= 0.3 is 0 Å². The van der Waals surface area contributed by atoms with Gasteiger partial charge < -0.3 is 20.3 Å². The molecule has 0 radical (unpaired) electrons. The molecule has 1 fully saturated rings. The van der Waals surface area contributed by atoms with Gasteiger partial charge in [-0.15, -0.1) is 24.0 Å². The van der Waals surface area contributed by atoms with Gasteiger partial charge in [0, 0.05) is 32.8 Å². The topological polar surface area (TPSA) is 66.0 Å². The molecule has 0 aromatic rings. The van der Waals surface area contributed by atoms with Crippen LogP contribution in [-0.4, -0.2) is 61.7 Å². The van der Waals surface area contributed by atoms with Crippen LogP contribution in [0.4, 0.5) is 0 Å². The second-order valence-electron chi connectivity index (χ2n) is 8.15.